The van der Waals surface area contributed by atoms with E-state index in [-0.39, 0.29) is 5.91 Å². The highest BCUT2D eigenvalue weighted by molar-refractivity contribution is 9.10. The van der Waals surface area contributed by atoms with Gasteiger partial charge in [0.15, 0.2) is 0 Å². The zero-order chi connectivity index (χ0) is 17.3. The van der Waals surface area contributed by atoms with Crippen molar-refractivity contribution in [1.82, 2.24) is 14.5 Å². The monoisotopic (exact) mass is 385 g/mol. The molecule has 0 aliphatic carbocycles. The first-order chi connectivity index (χ1) is 11.5. The topological polar surface area (TPSA) is 38.1 Å². The van der Waals surface area contributed by atoms with E-state index in [2.05, 4.69) is 46.9 Å². The number of nitrogens with zero attached hydrogens (tertiary/aromatic N) is 3. The number of amides is 1. The molecule has 0 unspecified atom stereocenters. The molecule has 0 fully saturated rings. The molecule has 0 N–H and O–H groups in total. The molecule has 0 bridgehead atoms. The fraction of sp³-hybridized carbons (Fsp3) is 0.263. The third-order valence-electron chi connectivity index (χ3n) is 4.33. The number of likely N-dealkylation sites (N-methyl/N-ethyl adjacent to an activating group) is 1. The van der Waals surface area contributed by atoms with Crippen molar-refractivity contribution >= 4 is 32.9 Å². The summed E-state index contributed by atoms with van der Waals surface area (Å²) < 4.78 is 2.93. The highest BCUT2D eigenvalue weighted by atomic mass is 79.9. The van der Waals surface area contributed by atoms with Gasteiger partial charge in [-0.2, -0.15) is 0 Å². The van der Waals surface area contributed by atoms with Crippen molar-refractivity contribution in [3.05, 3.63) is 63.9 Å². The minimum Gasteiger partial charge on any atom is -0.340 e. The number of benzene rings is 2. The molecule has 0 saturated heterocycles. The number of imidazole rings is 1. The zero-order valence-electron chi connectivity index (χ0n) is 14.1. The number of carbonyl (C=O) groups excluding carboxylic acids is 1. The molecular weight excluding hydrogens is 366 g/mol. The SMILES string of the molecule is Cc1cc2ncn(CC(=O)N(C)Cc3ccccc3Br)c2cc1C. The maximum atomic E-state index is 12.6. The van der Waals surface area contributed by atoms with Crippen LogP contribution < -0.4 is 0 Å². The predicted octanol–water partition coefficient (Wildman–Crippen LogP) is 4.07. The smallest absolute Gasteiger partial charge is 0.242 e. The number of rotatable bonds is 4. The molecule has 24 heavy (non-hydrogen) atoms. The number of fused-ring (bicyclic) bond motifs is 1. The average Bonchev–Trinajstić information content (AvgIpc) is 2.92. The van der Waals surface area contributed by atoms with Gasteiger partial charge in [0.05, 0.1) is 17.4 Å². The van der Waals surface area contributed by atoms with E-state index in [0.29, 0.717) is 13.1 Å². The van der Waals surface area contributed by atoms with Crippen LogP contribution in [0.5, 0.6) is 0 Å². The average molecular weight is 386 g/mol. The fourth-order valence-electron chi connectivity index (χ4n) is 2.68. The Morgan fingerprint density at radius 2 is 1.92 bits per heavy atom. The third-order valence-corrected chi connectivity index (χ3v) is 5.11. The summed E-state index contributed by atoms with van der Waals surface area (Å²) in [6.45, 7) is 5.02. The number of aryl methyl sites for hydroxylation is 2. The highest BCUT2D eigenvalue weighted by Gasteiger charge is 2.13. The number of halogens is 1. The Balaban J connectivity index is 1.77. The molecule has 3 aromatic rings. The third kappa shape index (κ3) is 3.36. The van der Waals surface area contributed by atoms with Crippen molar-refractivity contribution in [2.45, 2.75) is 26.9 Å². The summed E-state index contributed by atoms with van der Waals surface area (Å²) in [7, 11) is 1.83. The zero-order valence-corrected chi connectivity index (χ0v) is 15.7. The summed E-state index contributed by atoms with van der Waals surface area (Å²) in [4.78, 5) is 18.7. The lowest BCUT2D eigenvalue weighted by Crippen LogP contribution is -2.29. The fourth-order valence-corrected chi connectivity index (χ4v) is 3.09. The number of carbonyl (C=O) groups is 1. The molecule has 1 aromatic heterocycles. The number of hydrogen-bond acceptors (Lipinski definition) is 2. The van der Waals surface area contributed by atoms with Crippen LogP contribution in [0.4, 0.5) is 0 Å². The standard InChI is InChI=1S/C19H20BrN3O/c1-13-8-17-18(9-14(13)2)23(12-21-17)11-19(24)22(3)10-15-6-4-5-7-16(15)20/h4-9,12H,10-11H2,1-3H3. The normalized spacial score (nSPS) is 11.0. The Bertz CT molecular complexity index is 901. The molecule has 0 aliphatic rings. The van der Waals surface area contributed by atoms with E-state index in [1.807, 2.05) is 35.9 Å². The molecule has 0 saturated carbocycles. The highest BCUT2D eigenvalue weighted by Crippen LogP contribution is 2.20. The minimum absolute atomic E-state index is 0.0586. The second-order valence-electron chi connectivity index (χ2n) is 6.14. The van der Waals surface area contributed by atoms with Gasteiger partial charge in [0.1, 0.15) is 6.54 Å². The second kappa shape index (κ2) is 6.77. The van der Waals surface area contributed by atoms with E-state index in [1.165, 1.54) is 11.1 Å². The Hall–Kier alpha value is -2.14. The molecule has 1 amide bonds. The van der Waals surface area contributed by atoms with Crippen molar-refractivity contribution in [2.75, 3.05) is 7.05 Å². The molecule has 2 aromatic carbocycles. The van der Waals surface area contributed by atoms with Crippen LogP contribution in [-0.2, 0) is 17.9 Å². The maximum Gasteiger partial charge on any atom is 0.242 e. The van der Waals surface area contributed by atoms with Gasteiger partial charge < -0.3 is 9.47 Å². The van der Waals surface area contributed by atoms with Crippen molar-refractivity contribution in [1.29, 1.82) is 0 Å². The van der Waals surface area contributed by atoms with Crippen molar-refractivity contribution < 1.29 is 4.79 Å². The predicted molar refractivity (Wildman–Crippen MR) is 99.8 cm³/mol. The van der Waals surface area contributed by atoms with E-state index in [9.17, 15) is 4.79 Å². The molecule has 4 nitrogen and oxygen atoms in total. The summed E-state index contributed by atoms with van der Waals surface area (Å²) in [5, 5.41) is 0. The summed E-state index contributed by atoms with van der Waals surface area (Å²) >= 11 is 3.53. The van der Waals surface area contributed by atoms with Gasteiger partial charge in [-0.25, -0.2) is 4.98 Å². The number of aromatic nitrogens is 2. The minimum atomic E-state index is 0.0586. The first kappa shape index (κ1) is 16.7. The summed E-state index contributed by atoms with van der Waals surface area (Å²) in [5.74, 6) is 0.0586. The van der Waals surface area contributed by atoms with Gasteiger partial charge in [0.2, 0.25) is 5.91 Å². The van der Waals surface area contributed by atoms with Gasteiger partial charge >= 0.3 is 0 Å². The quantitative estimate of drug-likeness (QED) is 0.678. The van der Waals surface area contributed by atoms with Crippen LogP contribution in [-0.4, -0.2) is 27.4 Å². The van der Waals surface area contributed by atoms with Crippen molar-refractivity contribution in [3.8, 4) is 0 Å². The Morgan fingerprint density at radius 3 is 2.67 bits per heavy atom. The van der Waals surface area contributed by atoms with E-state index in [1.54, 1.807) is 11.2 Å². The Morgan fingerprint density at radius 1 is 1.21 bits per heavy atom. The second-order valence-corrected chi connectivity index (χ2v) is 6.99. The van der Waals surface area contributed by atoms with E-state index < -0.39 is 0 Å². The molecular formula is C19H20BrN3O. The molecule has 0 radical (unpaired) electrons. The van der Waals surface area contributed by atoms with Gasteiger partial charge in [0.25, 0.3) is 0 Å². The molecule has 0 aliphatic heterocycles. The molecule has 0 atom stereocenters. The largest absolute Gasteiger partial charge is 0.340 e. The van der Waals surface area contributed by atoms with Crippen molar-refractivity contribution in [3.63, 3.8) is 0 Å². The molecule has 1 heterocycles. The van der Waals surface area contributed by atoms with Gasteiger partial charge in [-0.15, -0.1) is 0 Å². The van der Waals surface area contributed by atoms with Gasteiger partial charge in [-0.05, 0) is 48.7 Å². The van der Waals surface area contributed by atoms with Crippen LogP contribution >= 0.6 is 15.9 Å². The maximum absolute atomic E-state index is 12.6. The lowest BCUT2D eigenvalue weighted by molar-refractivity contribution is -0.131. The van der Waals surface area contributed by atoms with Gasteiger partial charge in [-0.1, -0.05) is 34.1 Å². The van der Waals surface area contributed by atoms with Gasteiger partial charge in [-0.3, -0.25) is 4.79 Å². The summed E-state index contributed by atoms with van der Waals surface area (Å²) in [5.41, 5.74) is 5.44. The van der Waals surface area contributed by atoms with Crippen LogP contribution in [0, 0.1) is 13.8 Å². The lowest BCUT2D eigenvalue weighted by Gasteiger charge is -2.18. The van der Waals surface area contributed by atoms with Crippen LogP contribution in [0.3, 0.4) is 0 Å². The first-order valence-corrected chi connectivity index (χ1v) is 8.64. The van der Waals surface area contributed by atoms with Crippen LogP contribution in [0.1, 0.15) is 16.7 Å². The Kier molecular flexibility index (Phi) is 4.71. The molecule has 5 heteroatoms. The summed E-state index contributed by atoms with van der Waals surface area (Å²) in [6.07, 6.45) is 1.74. The Labute approximate surface area is 150 Å². The molecule has 124 valence electrons. The van der Waals surface area contributed by atoms with Crippen molar-refractivity contribution in [2.24, 2.45) is 0 Å². The van der Waals surface area contributed by atoms with E-state index >= 15 is 0 Å². The van der Waals surface area contributed by atoms with Gasteiger partial charge in [0, 0.05) is 18.1 Å². The summed E-state index contributed by atoms with van der Waals surface area (Å²) in [6, 6.07) is 12.1. The van der Waals surface area contributed by atoms with E-state index in [4.69, 9.17) is 0 Å². The van der Waals surface area contributed by atoms with Crippen LogP contribution in [0.15, 0.2) is 47.2 Å². The van der Waals surface area contributed by atoms with Crippen LogP contribution in [0.2, 0.25) is 0 Å². The first-order valence-electron chi connectivity index (χ1n) is 7.85. The van der Waals surface area contributed by atoms with E-state index in [0.717, 1.165) is 21.1 Å². The van der Waals surface area contributed by atoms with Crippen LogP contribution in [0.25, 0.3) is 11.0 Å². The molecule has 3 rings (SSSR count). The number of hydrogen-bond donors (Lipinski definition) is 0. The lowest BCUT2D eigenvalue weighted by atomic mass is 10.1. The molecule has 0 spiro atoms.